The Morgan fingerprint density at radius 2 is 1.76 bits per heavy atom. The van der Waals surface area contributed by atoms with Crippen molar-refractivity contribution < 1.29 is 17.6 Å². The van der Waals surface area contributed by atoms with Crippen LogP contribution in [0.5, 0.6) is 0 Å². The Bertz CT molecular complexity index is 1330. The van der Waals surface area contributed by atoms with Gasteiger partial charge in [-0.05, 0) is 42.8 Å². The first-order valence-corrected chi connectivity index (χ1v) is 11.7. The van der Waals surface area contributed by atoms with Crippen molar-refractivity contribution in [2.75, 3.05) is 34.7 Å². The van der Waals surface area contributed by atoms with Gasteiger partial charge in [0, 0.05) is 45.9 Å². The van der Waals surface area contributed by atoms with Crippen molar-refractivity contribution in [1.82, 2.24) is 18.8 Å². The Morgan fingerprint density at radius 3 is 2.29 bits per heavy atom. The normalized spacial score (nSPS) is 12.2. The predicted octanol–water partition coefficient (Wildman–Crippen LogP) is 3.20. The van der Waals surface area contributed by atoms with E-state index in [2.05, 4.69) is 4.98 Å². The minimum Gasteiger partial charge on any atom is -0.345 e. The second-order valence-electron chi connectivity index (χ2n) is 8.03. The number of carbonyl (C=O) groups excluding carboxylic acids is 1. The number of hydrogen-bond acceptors (Lipinski definition) is 5. The van der Waals surface area contributed by atoms with Crippen LogP contribution in [0, 0.1) is 6.92 Å². The molecular formula is C23H29ClFN5O3S. The van der Waals surface area contributed by atoms with Crippen LogP contribution in [0.25, 0.3) is 22.2 Å². The average molecular weight is 510 g/mol. The van der Waals surface area contributed by atoms with E-state index in [9.17, 15) is 17.6 Å². The van der Waals surface area contributed by atoms with Gasteiger partial charge in [-0.15, -0.1) is 12.4 Å². The third-order valence-corrected chi connectivity index (χ3v) is 7.12. The molecule has 1 amide bonds. The molecule has 3 aromatic rings. The summed E-state index contributed by atoms with van der Waals surface area (Å²) in [6.45, 7) is 1.79. The molecule has 0 spiro atoms. The van der Waals surface area contributed by atoms with Gasteiger partial charge in [-0.2, -0.15) is 0 Å². The molecule has 1 heterocycles. The number of hydrogen-bond donors (Lipinski definition) is 1. The minimum atomic E-state index is -3.58. The summed E-state index contributed by atoms with van der Waals surface area (Å²) in [7, 11) is 2.66. The Labute approximate surface area is 205 Å². The van der Waals surface area contributed by atoms with Gasteiger partial charge in [0.15, 0.2) is 0 Å². The second-order valence-corrected chi connectivity index (χ2v) is 10.2. The molecule has 0 atom stereocenters. The molecule has 0 saturated carbocycles. The van der Waals surface area contributed by atoms with Crippen LogP contribution in [0.4, 0.5) is 4.39 Å². The summed E-state index contributed by atoms with van der Waals surface area (Å²) in [5, 5.41) is 0. The molecule has 0 fully saturated rings. The Kier molecular flexibility index (Phi) is 8.59. The van der Waals surface area contributed by atoms with Crippen molar-refractivity contribution in [2.24, 2.45) is 5.73 Å². The number of fused-ring (bicyclic) bond motifs is 1. The summed E-state index contributed by atoms with van der Waals surface area (Å²) >= 11 is 0. The van der Waals surface area contributed by atoms with Crippen LogP contribution in [-0.2, 0) is 16.6 Å². The Hall–Kier alpha value is -2.79. The number of benzene rings is 2. The van der Waals surface area contributed by atoms with Crippen molar-refractivity contribution in [3.8, 4) is 11.1 Å². The van der Waals surface area contributed by atoms with E-state index in [0.29, 0.717) is 33.5 Å². The topological polar surface area (TPSA) is 102 Å². The number of carbonyl (C=O) groups is 1. The number of amides is 1. The summed E-state index contributed by atoms with van der Waals surface area (Å²) in [6, 6.07) is 9.82. The maximum absolute atomic E-state index is 14.3. The Balaban J connectivity index is 0.00000408. The van der Waals surface area contributed by atoms with Crippen molar-refractivity contribution in [1.29, 1.82) is 0 Å². The van der Waals surface area contributed by atoms with Gasteiger partial charge in [0.25, 0.3) is 5.91 Å². The van der Waals surface area contributed by atoms with Crippen LogP contribution < -0.4 is 5.73 Å². The number of aromatic nitrogens is 2. The fraction of sp³-hybridized carbons (Fsp3) is 0.304. The highest BCUT2D eigenvalue weighted by atomic mass is 35.5. The van der Waals surface area contributed by atoms with Crippen molar-refractivity contribution in [3.63, 3.8) is 0 Å². The molecule has 1 aromatic heterocycles. The van der Waals surface area contributed by atoms with Gasteiger partial charge in [-0.25, -0.2) is 22.1 Å². The van der Waals surface area contributed by atoms with E-state index in [1.54, 1.807) is 49.9 Å². The van der Waals surface area contributed by atoms with Crippen LogP contribution in [0.3, 0.4) is 0 Å². The highest BCUT2D eigenvalue weighted by Gasteiger charge is 2.20. The summed E-state index contributed by atoms with van der Waals surface area (Å²) in [5.74, 6) is -0.0366. The minimum absolute atomic E-state index is 0. The van der Waals surface area contributed by atoms with Crippen LogP contribution >= 0.6 is 12.4 Å². The van der Waals surface area contributed by atoms with Gasteiger partial charge in [-0.3, -0.25) is 4.79 Å². The SMILES string of the molecule is Cc1nc2c(-c3ccc(S(=O)(=O)N(C)C)cc3)cc(C(=O)N(C)C)cc2n1C/C(F)=C/CN.Cl. The molecule has 0 radical (unpaired) electrons. The van der Waals surface area contributed by atoms with Crippen LogP contribution in [0.1, 0.15) is 16.2 Å². The summed E-state index contributed by atoms with van der Waals surface area (Å²) < 4.78 is 42.0. The zero-order chi connectivity index (χ0) is 24.5. The van der Waals surface area contributed by atoms with Crippen LogP contribution in [0.2, 0.25) is 0 Å². The molecule has 0 aliphatic heterocycles. The van der Waals surface area contributed by atoms with E-state index in [0.717, 1.165) is 4.31 Å². The molecule has 184 valence electrons. The summed E-state index contributed by atoms with van der Waals surface area (Å²) in [6.07, 6.45) is 1.30. The number of halogens is 2. The number of nitrogens with zero attached hydrogens (tertiary/aromatic N) is 4. The summed E-state index contributed by atoms with van der Waals surface area (Å²) in [4.78, 5) is 19.0. The molecule has 2 aromatic carbocycles. The molecule has 0 unspecified atom stereocenters. The van der Waals surface area contributed by atoms with E-state index in [4.69, 9.17) is 5.73 Å². The second kappa shape index (κ2) is 10.6. The molecule has 11 heteroatoms. The highest BCUT2D eigenvalue weighted by molar-refractivity contribution is 7.89. The number of aryl methyl sites for hydroxylation is 1. The largest absolute Gasteiger partial charge is 0.345 e. The third kappa shape index (κ3) is 5.30. The van der Waals surface area contributed by atoms with Gasteiger partial charge in [0.1, 0.15) is 11.7 Å². The van der Waals surface area contributed by atoms with E-state index in [1.807, 2.05) is 0 Å². The molecule has 2 N–H and O–H groups in total. The van der Waals surface area contributed by atoms with E-state index < -0.39 is 15.9 Å². The van der Waals surface area contributed by atoms with E-state index in [-0.39, 0.29) is 36.3 Å². The van der Waals surface area contributed by atoms with Crippen molar-refractivity contribution >= 4 is 39.4 Å². The molecule has 34 heavy (non-hydrogen) atoms. The number of imidazole rings is 1. The lowest BCUT2D eigenvalue weighted by atomic mass is 10.0. The lowest BCUT2D eigenvalue weighted by Gasteiger charge is -2.14. The maximum Gasteiger partial charge on any atom is 0.253 e. The fourth-order valence-electron chi connectivity index (χ4n) is 3.50. The first kappa shape index (κ1) is 27.5. The summed E-state index contributed by atoms with van der Waals surface area (Å²) in [5.41, 5.74) is 8.37. The number of sulfonamides is 1. The zero-order valence-corrected chi connectivity index (χ0v) is 21.4. The Morgan fingerprint density at radius 1 is 1.15 bits per heavy atom. The third-order valence-electron chi connectivity index (χ3n) is 5.29. The van der Waals surface area contributed by atoms with Gasteiger partial charge in [0.05, 0.1) is 22.5 Å². The average Bonchev–Trinajstić information content (AvgIpc) is 3.07. The zero-order valence-electron chi connectivity index (χ0n) is 19.7. The smallest absolute Gasteiger partial charge is 0.253 e. The number of allylic oxidation sites excluding steroid dienone is 1. The maximum atomic E-state index is 14.3. The predicted molar refractivity (Wildman–Crippen MR) is 134 cm³/mol. The molecule has 3 rings (SSSR count). The first-order chi connectivity index (χ1) is 15.5. The van der Waals surface area contributed by atoms with Crippen molar-refractivity contribution in [2.45, 2.75) is 18.4 Å². The monoisotopic (exact) mass is 509 g/mol. The molecular weight excluding hydrogens is 481 g/mol. The highest BCUT2D eigenvalue weighted by Crippen LogP contribution is 2.32. The van der Waals surface area contributed by atoms with Gasteiger partial charge < -0.3 is 15.2 Å². The van der Waals surface area contributed by atoms with Gasteiger partial charge in [0.2, 0.25) is 10.0 Å². The van der Waals surface area contributed by atoms with E-state index in [1.165, 1.54) is 37.2 Å². The lowest BCUT2D eigenvalue weighted by molar-refractivity contribution is 0.0827. The van der Waals surface area contributed by atoms with E-state index >= 15 is 0 Å². The molecule has 0 aliphatic rings. The molecule has 8 nitrogen and oxygen atoms in total. The molecule has 0 saturated heterocycles. The van der Waals surface area contributed by atoms with Crippen LogP contribution in [-0.4, -0.2) is 67.8 Å². The molecule has 0 bridgehead atoms. The fourth-order valence-corrected chi connectivity index (χ4v) is 4.40. The van der Waals surface area contributed by atoms with Gasteiger partial charge >= 0.3 is 0 Å². The van der Waals surface area contributed by atoms with Crippen LogP contribution in [0.15, 0.2) is 53.2 Å². The number of nitrogens with two attached hydrogens (primary N) is 1. The van der Waals surface area contributed by atoms with Crippen molar-refractivity contribution in [3.05, 3.63) is 59.7 Å². The quantitative estimate of drug-likeness (QED) is 0.527. The number of rotatable bonds is 7. The molecule has 0 aliphatic carbocycles. The lowest BCUT2D eigenvalue weighted by Crippen LogP contribution is -2.22. The van der Waals surface area contributed by atoms with Gasteiger partial charge in [-0.1, -0.05) is 12.1 Å². The standard InChI is InChI=1S/C23H28FN5O3S.ClH/c1-15-26-22-20(16-6-8-19(9-7-16)33(31,32)28(4)5)12-17(23(30)27(2)3)13-21(22)29(15)14-18(24)10-11-25;/h6-10,12-13H,11,14,25H2,1-5H3;1H/b18-10-;. The first-order valence-electron chi connectivity index (χ1n) is 10.3.